The van der Waals surface area contributed by atoms with Crippen LogP contribution in [0.2, 0.25) is 0 Å². The van der Waals surface area contributed by atoms with E-state index in [1.54, 1.807) is 0 Å². The third-order valence-electron chi connectivity index (χ3n) is 4.50. The van der Waals surface area contributed by atoms with Gasteiger partial charge >= 0.3 is 0 Å². The monoisotopic (exact) mass is 257 g/mol. The van der Waals surface area contributed by atoms with Crippen molar-refractivity contribution in [2.45, 2.75) is 70.4 Å². The number of rotatable bonds is 4. The molecule has 2 nitrogen and oxygen atoms in total. The predicted octanol–water partition coefficient (Wildman–Crippen LogP) is 2.85. The summed E-state index contributed by atoms with van der Waals surface area (Å²) in [6.45, 7) is 2.31. The molecule has 17 heavy (non-hydrogen) atoms. The van der Waals surface area contributed by atoms with E-state index in [2.05, 4.69) is 12.2 Å². The minimum Gasteiger partial charge on any atom is -0.311 e. The molecular formula is C14H27NOS. The van der Waals surface area contributed by atoms with Gasteiger partial charge in [0.2, 0.25) is 0 Å². The highest BCUT2D eigenvalue weighted by molar-refractivity contribution is 7.85. The van der Waals surface area contributed by atoms with Gasteiger partial charge in [-0.15, -0.1) is 0 Å². The van der Waals surface area contributed by atoms with Crippen molar-refractivity contribution in [3.05, 3.63) is 0 Å². The number of nitrogens with one attached hydrogen (secondary N) is 1. The summed E-state index contributed by atoms with van der Waals surface area (Å²) in [7, 11) is -0.522. The van der Waals surface area contributed by atoms with E-state index in [-0.39, 0.29) is 0 Å². The van der Waals surface area contributed by atoms with E-state index in [9.17, 15) is 4.21 Å². The minimum absolute atomic E-state index is 0.522. The van der Waals surface area contributed by atoms with E-state index >= 15 is 0 Å². The molecule has 1 unspecified atom stereocenters. The molecule has 2 aliphatic rings. The van der Waals surface area contributed by atoms with Crippen molar-refractivity contribution in [3.8, 4) is 0 Å². The summed E-state index contributed by atoms with van der Waals surface area (Å²) >= 11 is 0. The highest BCUT2D eigenvalue weighted by Gasteiger charge is 2.26. The third kappa shape index (κ3) is 4.06. The van der Waals surface area contributed by atoms with Crippen LogP contribution in [0.3, 0.4) is 0 Å². The van der Waals surface area contributed by atoms with E-state index in [0.29, 0.717) is 12.1 Å². The molecule has 1 aliphatic carbocycles. The summed E-state index contributed by atoms with van der Waals surface area (Å²) in [6, 6.07) is 1.35. The molecule has 0 amide bonds. The molecule has 100 valence electrons. The molecule has 1 aliphatic heterocycles. The predicted molar refractivity (Wildman–Crippen MR) is 74.7 cm³/mol. The second kappa shape index (κ2) is 6.89. The highest BCUT2D eigenvalue weighted by atomic mass is 32.2. The van der Waals surface area contributed by atoms with Crippen LogP contribution in [-0.4, -0.2) is 27.8 Å². The van der Waals surface area contributed by atoms with E-state index in [0.717, 1.165) is 30.3 Å². The molecule has 0 aromatic rings. The third-order valence-corrected chi connectivity index (χ3v) is 5.88. The van der Waals surface area contributed by atoms with E-state index in [4.69, 9.17) is 0 Å². The van der Waals surface area contributed by atoms with Gasteiger partial charge in [-0.05, 0) is 38.0 Å². The van der Waals surface area contributed by atoms with Crippen molar-refractivity contribution in [2.75, 3.05) is 11.5 Å². The van der Waals surface area contributed by atoms with Crippen molar-refractivity contribution in [1.82, 2.24) is 5.32 Å². The van der Waals surface area contributed by atoms with Crippen LogP contribution in [0, 0.1) is 5.92 Å². The SMILES string of the molecule is CCC(NC1CCS(=O)CC1)C1CCCCC1. The van der Waals surface area contributed by atoms with E-state index in [1.807, 2.05) is 0 Å². The second-order valence-electron chi connectivity index (χ2n) is 5.70. The molecule has 1 N–H and O–H groups in total. The Morgan fingerprint density at radius 2 is 1.76 bits per heavy atom. The second-order valence-corrected chi connectivity index (χ2v) is 7.40. The maximum absolute atomic E-state index is 11.3. The van der Waals surface area contributed by atoms with Gasteiger partial charge in [-0.3, -0.25) is 4.21 Å². The molecule has 1 atom stereocenters. The van der Waals surface area contributed by atoms with Gasteiger partial charge in [0.1, 0.15) is 0 Å². The van der Waals surface area contributed by atoms with Crippen LogP contribution in [0.5, 0.6) is 0 Å². The summed E-state index contributed by atoms with van der Waals surface area (Å²) in [4.78, 5) is 0. The molecule has 0 aromatic heterocycles. The average molecular weight is 257 g/mol. The quantitative estimate of drug-likeness (QED) is 0.839. The van der Waals surface area contributed by atoms with Crippen molar-refractivity contribution in [1.29, 1.82) is 0 Å². The van der Waals surface area contributed by atoms with Gasteiger partial charge in [0.25, 0.3) is 0 Å². The first kappa shape index (κ1) is 13.5. The smallest absolute Gasteiger partial charge is 0.0249 e. The fourth-order valence-corrected chi connectivity index (χ4v) is 4.69. The Bertz CT molecular complexity index is 241. The Morgan fingerprint density at radius 3 is 2.35 bits per heavy atom. The number of hydrogen-bond acceptors (Lipinski definition) is 2. The Balaban J connectivity index is 1.79. The van der Waals surface area contributed by atoms with Crippen molar-refractivity contribution in [2.24, 2.45) is 5.92 Å². The molecule has 2 fully saturated rings. The maximum Gasteiger partial charge on any atom is 0.0249 e. The summed E-state index contributed by atoms with van der Waals surface area (Å²) < 4.78 is 11.3. The van der Waals surface area contributed by atoms with Gasteiger partial charge in [-0.25, -0.2) is 0 Å². The zero-order chi connectivity index (χ0) is 12.1. The van der Waals surface area contributed by atoms with Crippen molar-refractivity contribution < 1.29 is 4.21 Å². The fourth-order valence-electron chi connectivity index (χ4n) is 3.39. The Hall–Kier alpha value is 0.110. The van der Waals surface area contributed by atoms with Gasteiger partial charge in [0.15, 0.2) is 0 Å². The molecule has 2 rings (SSSR count). The Morgan fingerprint density at radius 1 is 1.12 bits per heavy atom. The Labute approximate surface area is 108 Å². The Kier molecular flexibility index (Phi) is 5.49. The first-order valence-electron chi connectivity index (χ1n) is 7.40. The van der Waals surface area contributed by atoms with E-state index in [1.165, 1.54) is 38.5 Å². The average Bonchev–Trinajstić information content (AvgIpc) is 2.39. The van der Waals surface area contributed by atoms with Gasteiger partial charge in [0.05, 0.1) is 0 Å². The van der Waals surface area contributed by atoms with Crippen LogP contribution >= 0.6 is 0 Å². The molecular weight excluding hydrogens is 230 g/mol. The van der Waals surface area contributed by atoms with Crippen LogP contribution in [0.15, 0.2) is 0 Å². The van der Waals surface area contributed by atoms with Crippen molar-refractivity contribution >= 4 is 10.8 Å². The normalized spacial score (nSPS) is 33.5. The zero-order valence-corrected chi connectivity index (χ0v) is 11.9. The first-order chi connectivity index (χ1) is 8.29. The van der Waals surface area contributed by atoms with E-state index < -0.39 is 10.8 Å². The lowest BCUT2D eigenvalue weighted by Crippen LogP contribution is -2.45. The molecule has 0 bridgehead atoms. The standard InChI is InChI=1S/C14H27NOS/c1-2-14(12-6-4-3-5-7-12)15-13-8-10-17(16)11-9-13/h12-15H,2-11H2,1H3. The number of hydrogen-bond donors (Lipinski definition) is 1. The molecule has 0 aromatic carbocycles. The zero-order valence-electron chi connectivity index (χ0n) is 11.1. The van der Waals surface area contributed by atoms with Crippen LogP contribution in [0.1, 0.15) is 58.3 Å². The molecule has 1 saturated heterocycles. The summed E-state index contributed by atoms with van der Waals surface area (Å²) in [5.74, 6) is 2.73. The lowest BCUT2D eigenvalue weighted by molar-refractivity contribution is 0.240. The van der Waals surface area contributed by atoms with Crippen LogP contribution in [-0.2, 0) is 10.8 Å². The molecule has 3 heteroatoms. The minimum atomic E-state index is -0.522. The molecule has 1 saturated carbocycles. The summed E-state index contributed by atoms with van der Waals surface area (Å²) in [5.41, 5.74) is 0. The van der Waals surface area contributed by atoms with Gasteiger partial charge in [0, 0.05) is 34.4 Å². The van der Waals surface area contributed by atoms with Crippen LogP contribution in [0.25, 0.3) is 0 Å². The largest absolute Gasteiger partial charge is 0.311 e. The maximum atomic E-state index is 11.3. The molecule has 1 heterocycles. The van der Waals surface area contributed by atoms with Crippen LogP contribution in [0.4, 0.5) is 0 Å². The lowest BCUT2D eigenvalue weighted by Gasteiger charge is -2.34. The topological polar surface area (TPSA) is 29.1 Å². The van der Waals surface area contributed by atoms with Gasteiger partial charge in [-0.1, -0.05) is 26.2 Å². The summed E-state index contributed by atoms with van der Waals surface area (Å²) in [6.07, 6.45) is 10.6. The van der Waals surface area contributed by atoms with Crippen molar-refractivity contribution in [3.63, 3.8) is 0 Å². The van der Waals surface area contributed by atoms with Crippen LogP contribution < -0.4 is 5.32 Å². The summed E-state index contributed by atoms with van der Waals surface area (Å²) in [5, 5.41) is 3.86. The van der Waals surface area contributed by atoms with Gasteiger partial charge in [-0.2, -0.15) is 0 Å². The van der Waals surface area contributed by atoms with Gasteiger partial charge < -0.3 is 5.32 Å². The highest BCUT2D eigenvalue weighted by Crippen LogP contribution is 2.28. The molecule has 0 spiro atoms. The lowest BCUT2D eigenvalue weighted by atomic mass is 9.82. The first-order valence-corrected chi connectivity index (χ1v) is 8.89. The molecule has 0 radical (unpaired) electrons. The fraction of sp³-hybridized carbons (Fsp3) is 1.00.